The van der Waals surface area contributed by atoms with Crippen molar-refractivity contribution in [3.8, 4) is 23.8 Å². The summed E-state index contributed by atoms with van der Waals surface area (Å²) in [7, 11) is 1.43. The van der Waals surface area contributed by atoms with Crippen molar-refractivity contribution in [2.45, 2.75) is 6.61 Å². The van der Waals surface area contributed by atoms with Crippen LogP contribution in [0.15, 0.2) is 41.3 Å². The van der Waals surface area contributed by atoms with Crippen LogP contribution in [0.1, 0.15) is 11.1 Å². The zero-order valence-corrected chi connectivity index (χ0v) is 17.7. The van der Waals surface area contributed by atoms with E-state index in [1.165, 1.54) is 25.3 Å². The fraction of sp³-hybridized carbons (Fsp3) is 0.143. The van der Waals surface area contributed by atoms with Crippen LogP contribution in [0.4, 0.5) is 10.5 Å². The first-order chi connectivity index (χ1) is 14.8. The van der Waals surface area contributed by atoms with E-state index in [1.54, 1.807) is 24.3 Å². The molecule has 3 rings (SSSR count). The average Bonchev–Trinajstić information content (AvgIpc) is 3.00. The number of ether oxygens (including phenoxy) is 2. The Balaban J connectivity index is 1.83. The number of terminal acetylenes is 1. The number of methoxy groups -OCH3 is 1. The molecule has 158 valence electrons. The maximum atomic E-state index is 12.3. The number of nitrogens with zero attached hydrogens (tertiary/aromatic N) is 2. The van der Waals surface area contributed by atoms with Crippen LogP contribution < -0.4 is 9.47 Å². The lowest BCUT2D eigenvalue weighted by Gasteiger charge is -2.13. The van der Waals surface area contributed by atoms with Crippen molar-refractivity contribution in [3.63, 3.8) is 0 Å². The zero-order valence-electron chi connectivity index (χ0n) is 16.2. The second-order valence-electron chi connectivity index (χ2n) is 6.22. The van der Waals surface area contributed by atoms with E-state index in [1.807, 2.05) is 0 Å². The van der Waals surface area contributed by atoms with E-state index in [0.29, 0.717) is 16.9 Å². The number of benzene rings is 2. The molecule has 2 amide bonds. The molecule has 0 bridgehead atoms. The van der Waals surface area contributed by atoms with Crippen LogP contribution in [-0.4, -0.2) is 34.6 Å². The topological polar surface area (TPSA) is 99.0 Å². The minimum absolute atomic E-state index is 0.0298. The number of thioether (sulfide) groups is 1. The molecular formula is C21H15ClN2O6S. The molecule has 0 aliphatic carbocycles. The first-order valence-corrected chi connectivity index (χ1v) is 9.96. The molecule has 0 spiro atoms. The van der Waals surface area contributed by atoms with E-state index >= 15 is 0 Å². The van der Waals surface area contributed by atoms with Gasteiger partial charge in [0.2, 0.25) is 0 Å². The van der Waals surface area contributed by atoms with Crippen molar-refractivity contribution in [1.29, 1.82) is 0 Å². The molecule has 31 heavy (non-hydrogen) atoms. The first-order valence-electron chi connectivity index (χ1n) is 8.76. The fourth-order valence-electron chi connectivity index (χ4n) is 2.76. The van der Waals surface area contributed by atoms with Gasteiger partial charge in [0.05, 0.1) is 28.5 Å². The summed E-state index contributed by atoms with van der Waals surface area (Å²) >= 11 is 7.14. The summed E-state index contributed by atoms with van der Waals surface area (Å²) in [6.07, 6.45) is 6.71. The number of carbonyl (C=O) groups is 2. The van der Waals surface area contributed by atoms with Crippen LogP contribution in [0.3, 0.4) is 0 Å². The SMILES string of the molecule is C#CCN1C(=O)S/C(=C/c2cc(Cl)c(OCc3cccc([N+](=O)[O-])c3)c(OC)c2)C1=O. The second kappa shape index (κ2) is 9.55. The Morgan fingerprint density at radius 1 is 1.32 bits per heavy atom. The third-order valence-corrected chi connectivity index (χ3v) is 5.37. The molecule has 0 saturated carbocycles. The smallest absolute Gasteiger partial charge is 0.294 e. The number of halogens is 1. The third kappa shape index (κ3) is 4.99. The number of nitro benzene ring substituents is 1. The molecular weight excluding hydrogens is 444 g/mol. The van der Waals surface area contributed by atoms with Crippen LogP contribution in [0, 0.1) is 22.5 Å². The summed E-state index contributed by atoms with van der Waals surface area (Å²) in [5.74, 6) is 2.34. The summed E-state index contributed by atoms with van der Waals surface area (Å²) in [5.41, 5.74) is 1.06. The van der Waals surface area contributed by atoms with E-state index in [9.17, 15) is 19.7 Å². The highest BCUT2D eigenvalue weighted by Gasteiger charge is 2.34. The number of hydrogen-bond donors (Lipinski definition) is 0. The standard InChI is InChI=1S/C21H15ClN2O6S/c1-3-7-23-20(25)18(31-21(23)26)11-14-9-16(22)19(17(10-14)29-2)30-12-13-5-4-6-15(8-13)24(27)28/h1,4-6,8-11H,7,12H2,2H3/b18-11+. The molecule has 10 heteroatoms. The van der Waals surface area contributed by atoms with Crippen LogP contribution in [-0.2, 0) is 11.4 Å². The van der Waals surface area contributed by atoms with Gasteiger partial charge < -0.3 is 9.47 Å². The van der Waals surface area contributed by atoms with Gasteiger partial charge in [-0.3, -0.25) is 24.6 Å². The number of imide groups is 1. The largest absolute Gasteiger partial charge is 0.493 e. The van der Waals surface area contributed by atoms with Crippen LogP contribution in [0.5, 0.6) is 11.5 Å². The fourth-order valence-corrected chi connectivity index (χ4v) is 3.87. The van der Waals surface area contributed by atoms with E-state index in [2.05, 4.69) is 5.92 Å². The quantitative estimate of drug-likeness (QED) is 0.260. The molecule has 0 aromatic heterocycles. The van der Waals surface area contributed by atoms with Crippen molar-refractivity contribution in [2.24, 2.45) is 0 Å². The van der Waals surface area contributed by atoms with Crippen LogP contribution in [0.25, 0.3) is 6.08 Å². The lowest BCUT2D eigenvalue weighted by molar-refractivity contribution is -0.384. The number of nitro groups is 1. The summed E-state index contributed by atoms with van der Waals surface area (Å²) in [4.78, 5) is 35.9. The molecule has 1 aliphatic heterocycles. The number of hydrogen-bond acceptors (Lipinski definition) is 7. The third-order valence-electron chi connectivity index (χ3n) is 4.18. The lowest BCUT2D eigenvalue weighted by atomic mass is 10.1. The monoisotopic (exact) mass is 458 g/mol. The highest BCUT2D eigenvalue weighted by atomic mass is 35.5. The van der Waals surface area contributed by atoms with Crippen LogP contribution >= 0.6 is 23.4 Å². The molecule has 2 aromatic rings. The van der Waals surface area contributed by atoms with E-state index in [4.69, 9.17) is 27.5 Å². The number of carbonyl (C=O) groups excluding carboxylic acids is 2. The van der Waals surface area contributed by atoms with Gasteiger partial charge in [-0.15, -0.1) is 6.42 Å². The number of rotatable bonds is 7. The lowest BCUT2D eigenvalue weighted by Crippen LogP contribution is -2.28. The van der Waals surface area contributed by atoms with Crippen LogP contribution in [0.2, 0.25) is 5.02 Å². The molecule has 1 heterocycles. The minimum atomic E-state index is -0.489. The number of non-ortho nitro benzene ring substituents is 1. The Morgan fingerprint density at radius 2 is 2.10 bits per heavy atom. The van der Waals surface area contributed by atoms with Crippen molar-refractivity contribution in [3.05, 3.63) is 67.6 Å². The second-order valence-corrected chi connectivity index (χ2v) is 7.62. The molecule has 1 saturated heterocycles. The highest BCUT2D eigenvalue weighted by Crippen LogP contribution is 2.39. The Hall–Kier alpha value is -3.48. The number of amides is 2. The van der Waals surface area contributed by atoms with Crippen molar-refractivity contribution in [2.75, 3.05) is 13.7 Å². The van der Waals surface area contributed by atoms with Crippen molar-refractivity contribution < 1.29 is 24.0 Å². The minimum Gasteiger partial charge on any atom is -0.493 e. The predicted molar refractivity (Wildman–Crippen MR) is 117 cm³/mol. The van der Waals surface area contributed by atoms with E-state index < -0.39 is 16.1 Å². The Labute approximate surface area is 186 Å². The molecule has 0 N–H and O–H groups in total. The summed E-state index contributed by atoms with van der Waals surface area (Å²) < 4.78 is 11.1. The molecule has 0 atom stereocenters. The molecule has 1 fully saturated rings. The van der Waals surface area contributed by atoms with Gasteiger partial charge in [-0.25, -0.2) is 0 Å². The van der Waals surface area contributed by atoms with Crippen molar-refractivity contribution >= 4 is 46.3 Å². The zero-order chi connectivity index (χ0) is 22.5. The van der Waals surface area contributed by atoms with Gasteiger partial charge in [-0.2, -0.15) is 0 Å². The summed E-state index contributed by atoms with van der Waals surface area (Å²) in [5, 5.41) is 10.7. The van der Waals surface area contributed by atoms with Gasteiger partial charge in [0, 0.05) is 12.1 Å². The maximum Gasteiger partial charge on any atom is 0.294 e. The van der Waals surface area contributed by atoms with E-state index in [-0.39, 0.29) is 34.5 Å². The Bertz CT molecular complexity index is 1140. The van der Waals surface area contributed by atoms with Gasteiger partial charge in [-0.1, -0.05) is 29.7 Å². The first kappa shape index (κ1) is 22.2. The maximum absolute atomic E-state index is 12.3. The summed E-state index contributed by atoms with van der Waals surface area (Å²) in [6.45, 7) is -0.0708. The average molecular weight is 459 g/mol. The molecule has 0 radical (unpaired) electrons. The van der Waals surface area contributed by atoms with Gasteiger partial charge in [0.15, 0.2) is 11.5 Å². The summed E-state index contributed by atoms with van der Waals surface area (Å²) in [6, 6.07) is 9.20. The normalized spacial score (nSPS) is 14.6. The van der Waals surface area contributed by atoms with E-state index in [0.717, 1.165) is 16.7 Å². The molecule has 0 unspecified atom stereocenters. The highest BCUT2D eigenvalue weighted by molar-refractivity contribution is 8.18. The Kier molecular flexibility index (Phi) is 6.84. The van der Waals surface area contributed by atoms with Gasteiger partial charge in [0.1, 0.15) is 6.61 Å². The van der Waals surface area contributed by atoms with Gasteiger partial charge >= 0.3 is 0 Å². The molecule has 1 aliphatic rings. The predicted octanol–water partition coefficient (Wildman–Crippen LogP) is 4.51. The molecule has 2 aromatic carbocycles. The Morgan fingerprint density at radius 3 is 2.77 bits per heavy atom. The van der Waals surface area contributed by atoms with Gasteiger partial charge in [0.25, 0.3) is 16.8 Å². The van der Waals surface area contributed by atoms with Crippen molar-refractivity contribution in [1.82, 2.24) is 4.90 Å². The molecule has 8 nitrogen and oxygen atoms in total. The van der Waals surface area contributed by atoms with Gasteiger partial charge in [-0.05, 0) is 41.1 Å².